The Labute approximate surface area is 188 Å². The van der Waals surface area contributed by atoms with E-state index in [1.807, 2.05) is 19.1 Å². The van der Waals surface area contributed by atoms with Gasteiger partial charge in [0.05, 0.1) is 12.1 Å². The van der Waals surface area contributed by atoms with E-state index in [0.29, 0.717) is 17.9 Å². The minimum absolute atomic E-state index is 0.0297. The predicted octanol–water partition coefficient (Wildman–Crippen LogP) is 6.28. The Balaban J connectivity index is 1.35. The number of benzene rings is 1. The molecule has 0 unspecified atom stereocenters. The Bertz CT molecular complexity index is 865. The number of phenolic OH excluding ortho intramolecular Hbond substituents is 1. The van der Waals surface area contributed by atoms with Gasteiger partial charge in [0.1, 0.15) is 5.75 Å². The van der Waals surface area contributed by atoms with Crippen LogP contribution in [0.2, 0.25) is 0 Å². The fraction of sp³-hybridized carbons (Fsp3) is 0.750. The minimum atomic E-state index is -0.719. The summed E-state index contributed by atoms with van der Waals surface area (Å²) >= 11 is 0. The number of phenols is 1. The van der Waals surface area contributed by atoms with E-state index in [2.05, 4.69) is 18.8 Å². The molecule has 2 N–H and O–H groups in total. The topological polar surface area (TPSA) is 52.8 Å². The molecule has 0 saturated heterocycles. The molecule has 31 heavy (non-hydrogen) atoms. The fourth-order valence-electron chi connectivity index (χ4n) is 8.74. The van der Waals surface area contributed by atoms with Crippen molar-refractivity contribution in [1.82, 2.24) is 0 Å². The molecule has 4 fully saturated rings. The van der Waals surface area contributed by atoms with Gasteiger partial charge in [-0.3, -0.25) is 4.99 Å². The summed E-state index contributed by atoms with van der Waals surface area (Å²) < 4.78 is 0. The van der Waals surface area contributed by atoms with Crippen LogP contribution in [0, 0.1) is 41.4 Å². The molecule has 3 nitrogen and oxygen atoms in total. The monoisotopic (exact) mass is 423 g/mol. The molecule has 0 bridgehead atoms. The highest BCUT2D eigenvalue weighted by Gasteiger charge is 2.64. The fourth-order valence-corrected chi connectivity index (χ4v) is 8.74. The summed E-state index contributed by atoms with van der Waals surface area (Å²) in [6.45, 7) is 7.46. The Morgan fingerprint density at radius 3 is 2.65 bits per heavy atom. The molecule has 4 aliphatic carbocycles. The van der Waals surface area contributed by atoms with Crippen LogP contribution in [0.15, 0.2) is 23.2 Å². The third kappa shape index (κ3) is 3.29. The Morgan fingerprint density at radius 1 is 1.00 bits per heavy atom. The van der Waals surface area contributed by atoms with Crippen LogP contribution < -0.4 is 0 Å². The standard InChI is InChI=1S/C28H41NO2/c1-19-7-10-25(30)20(16-19)17-29-18-28(31)15-12-24-22-9-8-21-6-4-5-13-26(21,2)23(22)11-14-27(24,28)3/h7,10,16-17,21-24,30-31H,4-6,8-9,11-15,18H2,1-3H3/t21-,22+,23+,24-,26-,27-,28+/m0/s1. The number of aliphatic imine (C=N–C) groups is 1. The third-order valence-electron chi connectivity index (χ3n) is 10.7. The summed E-state index contributed by atoms with van der Waals surface area (Å²) in [7, 11) is 0. The van der Waals surface area contributed by atoms with Crippen molar-refractivity contribution in [2.45, 2.75) is 90.6 Å². The number of aromatic hydroxyl groups is 1. The number of aryl methyl sites for hydroxylation is 1. The highest BCUT2D eigenvalue weighted by molar-refractivity contribution is 5.83. The molecule has 7 atom stereocenters. The number of aliphatic hydroxyl groups is 1. The van der Waals surface area contributed by atoms with Gasteiger partial charge in [-0.15, -0.1) is 0 Å². The van der Waals surface area contributed by atoms with Crippen molar-refractivity contribution in [2.75, 3.05) is 6.54 Å². The first-order valence-electron chi connectivity index (χ1n) is 12.8. The molecule has 0 aliphatic heterocycles. The second-order valence-corrected chi connectivity index (χ2v) is 12.0. The zero-order valence-corrected chi connectivity index (χ0v) is 19.7. The molecule has 4 aliphatic rings. The molecule has 0 radical (unpaired) electrons. The molecule has 1 aromatic rings. The van der Waals surface area contributed by atoms with Crippen LogP contribution >= 0.6 is 0 Å². The van der Waals surface area contributed by atoms with Gasteiger partial charge in [-0.1, -0.05) is 38.3 Å². The van der Waals surface area contributed by atoms with Gasteiger partial charge < -0.3 is 10.2 Å². The summed E-state index contributed by atoms with van der Waals surface area (Å²) in [6.07, 6.45) is 14.7. The lowest BCUT2D eigenvalue weighted by Gasteiger charge is -2.61. The molecule has 5 rings (SSSR count). The van der Waals surface area contributed by atoms with E-state index in [4.69, 9.17) is 0 Å². The van der Waals surface area contributed by atoms with Crippen LogP contribution in [-0.4, -0.2) is 28.6 Å². The second-order valence-electron chi connectivity index (χ2n) is 12.0. The number of nitrogens with zero attached hydrogens (tertiary/aromatic N) is 1. The first kappa shape index (κ1) is 21.5. The minimum Gasteiger partial charge on any atom is -0.507 e. The maximum atomic E-state index is 11.9. The smallest absolute Gasteiger partial charge is 0.124 e. The zero-order valence-electron chi connectivity index (χ0n) is 19.7. The largest absolute Gasteiger partial charge is 0.507 e. The maximum absolute atomic E-state index is 11.9. The first-order chi connectivity index (χ1) is 14.8. The summed E-state index contributed by atoms with van der Waals surface area (Å²) in [5.74, 6) is 3.49. The van der Waals surface area contributed by atoms with Crippen molar-refractivity contribution >= 4 is 6.21 Å². The molecule has 170 valence electrons. The van der Waals surface area contributed by atoms with Gasteiger partial charge in [0.2, 0.25) is 0 Å². The summed E-state index contributed by atoms with van der Waals surface area (Å²) in [6, 6.07) is 5.58. The van der Waals surface area contributed by atoms with Gasteiger partial charge in [0.15, 0.2) is 0 Å². The van der Waals surface area contributed by atoms with E-state index in [1.54, 1.807) is 12.3 Å². The van der Waals surface area contributed by atoms with Crippen molar-refractivity contribution in [3.63, 3.8) is 0 Å². The summed E-state index contributed by atoms with van der Waals surface area (Å²) in [5, 5.41) is 22.0. The Morgan fingerprint density at radius 2 is 1.81 bits per heavy atom. The lowest BCUT2D eigenvalue weighted by molar-refractivity contribution is -0.147. The van der Waals surface area contributed by atoms with Crippen LogP contribution in [0.1, 0.15) is 89.2 Å². The van der Waals surface area contributed by atoms with Gasteiger partial charge in [0.25, 0.3) is 0 Å². The van der Waals surface area contributed by atoms with E-state index >= 15 is 0 Å². The van der Waals surface area contributed by atoms with E-state index in [0.717, 1.165) is 48.1 Å². The van der Waals surface area contributed by atoms with Crippen LogP contribution in [0.5, 0.6) is 5.75 Å². The Kier molecular flexibility index (Phi) is 5.28. The predicted molar refractivity (Wildman–Crippen MR) is 127 cm³/mol. The van der Waals surface area contributed by atoms with Gasteiger partial charge in [-0.05, 0) is 99.5 Å². The van der Waals surface area contributed by atoms with E-state index < -0.39 is 5.60 Å². The van der Waals surface area contributed by atoms with E-state index in [1.165, 1.54) is 44.9 Å². The normalized spacial score (nSPS) is 44.6. The molecule has 0 spiro atoms. The summed E-state index contributed by atoms with van der Waals surface area (Å²) in [4.78, 5) is 4.68. The molecule has 0 amide bonds. The van der Waals surface area contributed by atoms with Gasteiger partial charge in [-0.25, -0.2) is 0 Å². The lowest BCUT2D eigenvalue weighted by atomic mass is 9.44. The van der Waals surface area contributed by atoms with Crippen molar-refractivity contribution < 1.29 is 10.2 Å². The van der Waals surface area contributed by atoms with Crippen molar-refractivity contribution in [3.8, 4) is 5.75 Å². The summed E-state index contributed by atoms with van der Waals surface area (Å²) in [5.41, 5.74) is 1.65. The number of fused-ring (bicyclic) bond motifs is 5. The van der Waals surface area contributed by atoms with Crippen LogP contribution in [0.25, 0.3) is 0 Å². The molecule has 0 heterocycles. The first-order valence-corrected chi connectivity index (χ1v) is 12.8. The van der Waals surface area contributed by atoms with Crippen molar-refractivity contribution in [1.29, 1.82) is 0 Å². The number of rotatable bonds is 3. The van der Waals surface area contributed by atoms with E-state index in [9.17, 15) is 10.2 Å². The van der Waals surface area contributed by atoms with Gasteiger partial charge in [-0.2, -0.15) is 0 Å². The highest BCUT2D eigenvalue weighted by Crippen LogP contribution is 2.68. The second kappa shape index (κ2) is 7.61. The maximum Gasteiger partial charge on any atom is 0.124 e. The van der Waals surface area contributed by atoms with Gasteiger partial charge >= 0.3 is 0 Å². The number of hydrogen-bond donors (Lipinski definition) is 2. The van der Waals surface area contributed by atoms with Crippen LogP contribution in [0.3, 0.4) is 0 Å². The van der Waals surface area contributed by atoms with Gasteiger partial charge in [0, 0.05) is 17.2 Å². The third-order valence-corrected chi connectivity index (χ3v) is 10.7. The van der Waals surface area contributed by atoms with E-state index in [-0.39, 0.29) is 11.2 Å². The van der Waals surface area contributed by atoms with Crippen LogP contribution in [-0.2, 0) is 0 Å². The van der Waals surface area contributed by atoms with Crippen molar-refractivity contribution in [3.05, 3.63) is 29.3 Å². The molecular weight excluding hydrogens is 382 g/mol. The molecular formula is C28H41NO2. The van der Waals surface area contributed by atoms with Crippen LogP contribution in [0.4, 0.5) is 0 Å². The molecule has 1 aromatic carbocycles. The van der Waals surface area contributed by atoms with Crippen molar-refractivity contribution in [2.24, 2.45) is 39.5 Å². The quantitative estimate of drug-likeness (QED) is 0.562. The highest BCUT2D eigenvalue weighted by atomic mass is 16.3. The average Bonchev–Trinajstić information content (AvgIpc) is 3.01. The Hall–Kier alpha value is -1.35. The molecule has 4 saturated carbocycles. The SMILES string of the molecule is Cc1ccc(O)c(C=NC[C@]2(O)CC[C@H]3[C@@H]4CC[C@@H]5CCCC[C@]5(C)[C@@H]4CC[C@@]32C)c1. The number of hydrogen-bond acceptors (Lipinski definition) is 3. The average molecular weight is 424 g/mol. The lowest BCUT2D eigenvalue weighted by Crippen LogP contribution is -2.56. The zero-order chi connectivity index (χ0) is 21.9. The molecule has 3 heteroatoms. The molecule has 0 aromatic heterocycles.